The van der Waals surface area contributed by atoms with Gasteiger partial charge >= 0.3 is 0 Å². The van der Waals surface area contributed by atoms with Crippen LogP contribution in [0.1, 0.15) is 10.4 Å². The Morgan fingerprint density at radius 3 is 2.39 bits per heavy atom. The number of nitrogens with one attached hydrogen (secondary N) is 1. The number of amides is 1. The van der Waals surface area contributed by atoms with Crippen molar-refractivity contribution >= 4 is 23.2 Å². The van der Waals surface area contributed by atoms with Crippen LogP contribution in [0, 0.1) is 17.5 Å². The number of hydrogen-bond acceptors (Lipinski definition) is 3. The number of carbonyl (C=O) groups is 1. The standard InChI is InChI=1S/C15H11ClF3NO3/c1-22-11-6-7(5-8(16)14(11)23-2)15(21)20-10-4-3-9(17)12(18)13(10)19/h3-6H,1-2H3,(H,20,21). The van der Waals surface area contributed by atoms with Gasteiger partial charge < -0.3 is 14.8 Å². The first-order valence-electron chi connectivity index (χ1n) is 6.25. The Bertz CT molecular complexity index is 768. The molecule has 2 aromatic carbocycles. The molecule has 2 rings (SSSR count). The third kappa shape index (κ3) is 3.34. The highest BCUT2D eigenvalue weighted by Gasteiger charge is 2.18. The first-order chi connectivity index (χ1) is 10.9. The second-order valence-electron chi connectivity index (χ2n) is 4.37. The van der Waals surface area contributed by atoms with Gasteiger partial charge in [0.05, 0.1) is 24.9 Å². The van der Waals surface area contributed by atoms with E-state index < -0.39 is 29.0 Å². The SMILES string of the molecule is COc1cc(C(=O)Nc2ccc(F)c(F)c2F)cc(Cl)c1OC. The van der Waals surface area contributed by atoms with Crippen LogP contribution in [0.4, 0.5) is 18.9 Å². The summed E-state index contributed by atoms with van der Waals surface area (Å²) in [6, 6.07) is 4.21. The molecule has 0 saturated carbocycles. The van der Waals surface area contributed by atoms with Crippen molar-refractivity contribution in [3.05, 3.63) is 52.3 Å². The number of halogens is 4. The van der Waals surface area contributed by atoms with Crippen molar-refractivity contribution in [2.24, 2.45) is 0 Å². The summed E-state index contributed by atoms with van der Waals surface area (Å²) in [5, 5.41) is 2.23. The van der Waals surface area contributed by atoms with Gasteiger partial charge in [-0.15, -0.1) is 0 Å². The van der Waals surface area contributed by atoms with Crippen LogP contribution in [0.25, 0.3) is 0 Å². The minimum atomic E-state index is -1.67. The summed E-state index contributed by atoms with van der Waals surface area (Å²) in [4.78, 5) is 12.1. The summed E-state index contributed by atoms with van der Waals surface area (Å²) in [7, 11) is 2.73. The molecule has 0 radical (unpaired) electrons. The summed E-state index contributed by atoms with van der Waals surface area (Å²) < 4.78 is 49.7. The maximum Gasteiger partial charge on any atom is 0.255 e. The molecule has 0 bridgehead atoms. The molecule has 0 spiro atoms. The normalized spacial score (nSPS) is 10.3. The first kappa shape index (κ1) is 17.0. The highest BCUT2D eigenvalue weighted by atomic mass is 35.5. The van der Waals surface area contributed by atoms with Crippen LogP contribution >= 0.6 is 11.6 Å². The molecule has 8 heteroatoms. The van der Waals surface area contributed by atoms with E-state index in [4.69, 9.17) is 21.1 Å². The zero-order valence-corrected chi connectivity index (χ0v) is 12.8. The van der Waals surface area contributed by atoms with Crippen LogP contribution in [0.5, 0.6) is 11.5 Å². The zero-order chi connectivity index (χ0) is 17.1. The Hall–Kier alpha value is -2.41. The fourth-order valence-corrected chi connectivity index (χ4v) is 2.15. The van der Waals surface area contributed by atoms with Gasteiger partial charge in [0.2, 0.25) is 0 Å². The Morgan fingerprint density at radius 1 is 1.09 bits per heavy atom. The minimum Gasteiger partial charge on any atom is -0.493 e. The van der Waals surface area contributed by atoms with Crippen molar-refractivity contribution in [2.45, 2.75) is 0 Å². The van der Waals surface area contributed by atoms with Crippen molar-refractivity contribution in [3.8, 4) is 11.5 Å². The molecule has 0 aromatic heterocycles. The van der Waals surface area contributed by atoms with Gasteiger partial charge in [-0.05, 0) is 24.3 Å². The van der Waals surface area contributed by atoms with E-state index in [0.717, 1.165) is 6.07 Å². The van der Waals surface area contributed by atoms with E-state index in [1.807, 2.05) is 0 Å². The molecule has 1 N–H and O–H groups in total. The molecule has 0 fully saturated rings. The maximum atomic E-state index is 13.6. The zero-order valence-electron chi connectivity index (χ0n) is 12.0. The van der Waals surface area contributed by atoms with Crippen LogP contribution in [-0.4, -0.2) is 20.1 Å². The fourth-order valence-electron chi connectivity index (χ4n) is 1.87. The third-order valence-electron chi connectivity index (χ3n) is 2.98. The van der Waals surface area contributed by atoms with E-state index in [2.05, 4.69) is 5.32 Å². The predicted molar refractivity (Wildman–Crippen MR) is 78.8 cm³/mol. The third-order valence-corrected chi connectivity index (χ3v) is 3.26. The fraction of sp³-hybridized carbons (Fsp3) is 0.133. The number of methoxy groups -OCH3 is 2. The van der Waals surface area contributed by atoms with Gasteiger partial charge in [0.15, 0.2) is 29.0 Å². The van der Waals surface area contributed by atoms with Crippen LogP contribution in [0.2, 0.25) is 5.02 Å². The maximum absolute atomic E-state index is 13.6. The molecule has 0 atom stereocenters. The number of carbonyl (C=O) groups excluding carboxylic acids is 1. The quantitative estimate of drug-likeness (QED) is 0.851. The lowest BCUT2D eigenvalue weighted by molar-refractivity contribution is 0.102. The van der Waals surface area contributed by atoms with E-state index in [9.17, 15) is 18.0 Å². The molecule has 0 saturated heterocycles. The summed E-state index contributed by atoms with van der Waals surface area (Å²) in [6.45, 7) is 0. The molecule has 1 amide bonds. The average Bonchev–Trinajstić information content (AvgIpc) is 2.54. The van der Waals surface area contributed by atoms with Gasteiger partial charge in [0.1, 0.15) is 0 Å². The summed E-state index contributed by atoms with van der Waals surface area (Å²) in [6.07, 6.45) is 0. The molecule has 0 heterocycles. The van der Waals surface area contributed by atoms with Gasteiger partial charge in [0.25, 0.3) is 5.91 Å². The van der Waals surface area contributed by atoms with Crippen LogP contribution in [0.15, 0.2) is 24.3 Å². The van der Waals surface area contributed by atoms with E-state index >= 15 is 0 Å². The monoisotopic (exact) mass is 345 g/mol. The molecule has 23 heavy (non-hydrogen) atoms. The van der Waals surface area contributed by atoms with Gasteiger partial charge in [-0.2, -0.15) is 0 Å². The number of benzene rings is 2. The Balaban J connectivity index is 2.35. The summed E-state index contributed by atoms with van der Waals surface area (Å²) in [5.41, 5.74) is -0.475. The molecule has 0 aliphatic carbocycles. The minimum absolute atomic E-state index is 0.0248. The summed E-state index contributed by atoms with van der Waals surface area (Å²) >= 11 is 5.97. The molecule has 0 unspecified atom stereocenters. The number of anilines is 1. The topological polar surface area (TPSA) is 47.6 Å². The van der Waals surface area contributed by atoms with Crippen molar-refractivity contribution in [3.63, 3.8) is 0 Å². The number of ether oxygens (including phenoxy) is 2. The van der Waals surface area contributed by atoms with Gasteiger partial charge in [0, 0.05) is 5.56 Å². The molecule has 4 nitrogen and oxygen atoms in total. The predicted octanol–water partition coefficient (Wildman–Crippen LogP) is 4.03. The van der Waals surface area contributed by atoms with Crippen molar-refractivity contribution in [2.75, 3.05) is 19.5 Å². The summed E-state index contributed by atoms with van der Waals surface area (Å²) in [5.74, 6) is -4.88. The largest absolute Gasteiger partial charge is 0.493 e. The van der Waals surface area contributed by atoms with E-state index in [1.165, 1.54) is 26.4 Å². The molecular weight excluding hydrogens is 335 g/mol. The average molecular weight is 346 g/mol. The van der Waals surface area contributed by atoms with Crippen LogP contribution < -0.4 is 14.8 Å². The van der Waals surface area contributed by atoms with Gasteiger partial charge in [-0.1, -0.05) is 11.6 Å². The van der Waals surface area contributed by atoms with Crippen molar-refractivity contribution in [1.82, 2.24) is 0 Å². The van der Waals surface area contributed by atoms with E-state index in [0.29, 0.717) is 6.07 Å². The molecule has 0 aliphatic rings. The van der Waals surface area contributed by atoms with Crippen LogP contribution in [0.3, 0.4) is 0 Å². The molecule has 2 aromatic rings. The lowest BCUT2D eigenvalue weighted by Gasteiger charge is -2.12. The van der Waals surface area contributed by atoms with E-state index in [1.54, 1.807) is 0 Å². The number of rotatable bonds is 4. The highest BCUT2D eigenvalue weighted by molar-refractivity contribution is 6.32. The lowest BCUT2D eigenvalue weighted by Crippen LogP contribution is -2.14. The first-order valence-corrected chi connectivity index (χ1v) is 6.63. The lowest BCUT2D eigenvalue weighted by atomic mass is 10.1. The van der Waals surface area contributed by atoms with Crippen molar-refractivity contribution < 1.29 is 27.4 Å². The highest BCUT2D eigenvalue weighted by Crippen LogP contribution is 2.36. The van der Waals surface area contributed by atoms with Crippen LogP contribution in [-0.2, 0) is 0 Å². The molecule has 122 valence electrons. The Labute approximate surface area is 134 Å². The van der Waals surface area contributed by atoms with E-state index in [-0.39, 0.29) is 22.1 Å². The Kier molecular flexibility index (Phi) is 5.00. The molecule has 0 aliphatic heterocycles. The molecular formula is C15H11ClF3NO3. The second-order valence-corrected chi connectivity index (χ2v) is 4.78. The number of hydrogen-bond donors (Lipinski definition) is 1. The van der Waals surface area contributed by atoms with Gasteiger partial charge in [-0.3, -0.25) is 4.79 Å². The smallest absolute Gasteiger partial charge is 0.255 e. The van der Waals surface area contributed by atoms with Crippen molar-refractivity contribution in [1.29, 1.82) is 0 Å². The van der Waals surface area contributed by atoms with Gasteiger partial charge in [-0.25, -0.2) is 13.2 Å². The second kappa shape index (κ2) is 6.78. The Morgan fingerprint density at radius 2 is 1.78 bits per heavy atom.